The van der Waals surface area contributed by atoms with Crippen LogP contribution in [0.2, 0.25) is 0 Å². The van der Waals surface area contributed by atoms with E-state index in [-0.39, 0.29) is 17.7 Å². The number of fused-ring (bicyclic) bond motifs is 3. The van der Waals surface area contributed by atoms with Crippen LogP contribution in [0.1, 0.15) is 74.2 Å². The van der Waals surface area contributed by atoms with E-state index in [2.05, 4.69) is 21.2 Å². The number of carbonyl (C=O) groups excluding carboxylic acids is 3. The van der Waals surface area contributed by atoms with Crippen LogP contribution in [0.15, 0.2) is 0 Å². The van der Waals surface area contributed by atoms with Gasteiger partial charge in [0.05, 0.1) is 22.4 Å². The minimum Gasteiger partial charge on any atom is -0.462 e. The van der Waals surface area contributed by atoms with E-state index in [0.29, 0.717) is 30.0 Å². The molecule has 2 bridgehead atoms. The van der Waals surface area contributed by atoms with Gasteiger partial charge in [0.2, 0.25) is 5.91 Å². The third kappa shape index (κ3) is 2.59. The van der Waals surface area contributed by atoms with Gasteiger partial charge in [-0.05, 0) is 56.4 Å². The summed E-state index contributed by atoms with van der Waals surface area (Å²) < 4.78 is 5.31. The van der Waals surface area contributed by atoms with Gasteiger partial charge in [0.1, 0.15) is 5.00 Å². The van der Waals surface area contributed by atoms with Crippen molar-refractivity contribution >= 4 is 49.9 Å². The van der Waals surface area contributed by atoms with E-state index in [1.54, 1.807) is 6.92 Å². The number of nitrogens with one attached hydrogen (secondary N) is 1. The summed E-state index contributed by atoms with van der Waals surface area (Å²) in [5, 5.41) is 3.67. The van der Waals surface area contributed by atoms with Crippen LogP contribution in [-0.2, 0) is 27.2 Å². The summed E-state index contributed by atoms with van der Waals surface area (Å²) in [6, 6.07) is 0. The van der Waals surface area contributed by atoms with Crippen LogP contribution in [0.5, 0.6) is 0 Å². The van der Waals surface area contributed by atoms with E-state index in [4.69, 9.17) is 4.74 Å². The normalized spacial score (nSPS) is 32.2. The molecule has 0 saturated heterocycles. The highest BCUT2D eigenvalue weighted by Crippen LogP contribution is 2.72. The summed E-state index contributed by atoms with van der Waals surface area (Å²) >= 11 is 5.07. The molecule has 29 heavy (non-hydrogen) atoms. The maximum Gasteiger partial charge on any atom is 0.341 e. The first-order valence-electron chi connectivity index (χ1n) is 10.4. The molecule has 0 radical (unpaired) electrons. The molecule has 7 heteroatoms. The Labute approximate surface area is 184 Å². The second-order valence-electron chi connectivity index (χ2n) is 9.24. The largest absolute Gasteiger partial charge is 0.462 e. The van der Waals surface area contributed by atoms with Crippen molar-refractivity contribution in [1.82, 2.24) is 0 Å². The Morgan fingerprint density at radius 1 is 1.21 bits per heavy atom. The second kappa shape index (κ2) is 6.91. The average molecular weight is 482 g/mol. The topological polar surface area (TPSA) is 72.5 Å². The number of amides is 1. The maximum atomic E-state index is 13.7. The lowest BCUT2D eigenvalue weighted by molar-refractivity contribution is -0.130. The predicted octanol–water partition coefficient (Wildman–Crippen LogP) is 4.90. The third-order valence-electron chi connectivity index (χ3n) is 8.00. The Hall–Kier alpha value is -1.21. The molecule has 5 nitrogen and oxygen atoms in total. The van der Waals surface area contributed by atoms with Gasteiger partial charge >= 0.3 is 5.97 Å². The average Bonchev–Trinajstić information content (AvgIpc) is 3.17. The molecule has 2 fully saturated rings. The fraction of sp³-hybridized carbons (Fsp3) is 0.682. The van der Waals surface area contributed by atoms with Crippen LogP contribution >= 0.6 is 27.3 Å². The number of ketones is 1. The number of hydrogen-bond acceptors (Lipinski definition) is 5. The molecule has 158 valence electrons. The first-order chi connectivity index (χ1) is 13.6. The number of hydrogen-bond donors (Lipinski definition) is 1. The SMILES string of the molecule is CCOC(=O)c1c(NC(=O)[C@@]23CC[C@@](C)(C(=O)[C@@H]2Br)C3(C)C)sc2c1CCCC2. The van der Waals surface area contributed by atoms with Gasteiger partial charge in [-0.15, -0.1) is 11.3 Å². The first kappa shape index (κ1) is 21.0. The highest BCUT2D eigenvalue weighted by molar-refractivity contribution is 9.10. The summed E-state index contributed by atoms with van der Waals surface area (Å²) in [5.41, 5.74) is -0.269. The van der Waals surface area contributed by atoms with E-state index in [9.17, 15) is 14.4 Å². The molecule has 3 aliphatic rings. The molecule has 2 saturated carbocycles. The van der Waals surface area contributed by atoms with E-state index >= 15 is 0 Å². The summed E-state index contributed by atoms with van der Waals surface area (Å²) in [6.45, 7) is 8.13. The van der Waals surface area contributed by atoms with Gasteiger partial charge in [-0.3, -0.25) is 9.59 Å². The molecule has 1 aromatic heterocycles. The number of Topliss-reactive ketones (excluding diaryl/α,β-unsaturated/α-hetero) is 1. The standard InChI is InChI=1S/C22H28BrNO4S/c1-5-28-18(26)14-12-8-6-7-9-13(12)29-17(14)24-19(27)22-11-10-21(4,20(22,2)3)16(25)15(22)23/h15H,5-11H2,1-4H3,(H,24,27)/t15-,21-,22+/m0/s1. The van der Waals surface area contributed by atoms with Gasteiger partial charge in [0.25, 0.3) is 0 Å². The quantitative estimate of drug-likeness (QED) is 0.490. The number of anilines is 1. The predicted molar refractivity (Wildman–Crippen MR) is 117 cm³/mol. The van der Waals surface area contributed by atoms with E-state index in [1.807, 2.05) is 20.8 Å². The smallest absolute Gasteiger partial charge is 0.341 e. The van der Waals surface area contributed by atoms with E-state index in [1.165, 1.54) is 16.2 Å². The lowest BCUT2D eigenvalue weighted by Crippen LogP contribution is -2.48. The van der Waals surface area contributed by atoms with Gasteiger partial charge in [-0.2, -0.15) is 0 Å². The van der Waals surface area contributed by atoms with Crippen LogP contribution in [0.25, 0.3) is 0 Å². The summed E-state index contributed by atoms with van der Waals surface area (Å²) in [4.78, 5) is 40.1. The molecule has 0 unspecified atom stereocenters. The Kier molecular flexibility index (Phi) is 5.01. The van der Waals surface area contributed by atoms with Crippen LogP contribution in [0.4, 0.5) is 5.00 Å². The Bertz CT molecular complexity index is 907. The monoisotopic (exact) mass is 481 g/mol. The Balaban J connectivity index is 1.74. The number of carbonyl (C=O) groups is 3. The van der Waals surface area contributed by atoms with Crippen molar-refractivity contribution in [3.8, 4) is 0 Å². The third-order valence-corrected chi connectivity index (χ3v) is 10.4. The number of esters is 1. The van der Waals surface area contributed by atoms with Crippen LogP contribution in [-0.4, -0.2) is 29.1 Å². The van der Waals surface area contributed by atoms with Crippen molar-refractivity contribution in [1.29, 1.82) is 0 Å². The number of thiophene rings is 1. The van der Waals surface area contributed by atoms with Crippen molar-refractivity contribution in [2.24, 2.45) is 16.2 Å². The molecule has 1 amide bonds. The second-order valence-corrected chi connectivity index (χ2v) is 11.3. The zero-order chi connectivity index (χ0) is 21.2. The molecule has 0 spiro atoms. The summed E-state index contributed by atoms with van der Waals surface area (Å²) in [7, 11) is 0. The number of alkyl halides is 1. The Morgan fingerprint density at radius 3 is 2.52 bits per heavy atom. The van der Waals surface area contributed by atoms with Gasteiger partial charge < -0.3 is 10.1 Å². The summed E-state index contributed by atoms with van der Waals surface area (Å²) in [5.74, 6) is -0.420. The molecular formula is C22H28BrNO4S. The van der Waals surface area contributed by atoms with Gasteiger partial charge in [0, 0.05) is 10.3 Å². The molecule has 0 aliphatic heterocycles. The maximum absolute atomic E-state index is 13.7. The Morgan fingerprint density at radius 2 is 1.90 bits per heavy atom. The van der Waals surface area contributed by atoms with Crippen LogP contribution in [0, 0.1) is 16.2 Å². The first-order valence-corrected chi connectivity index (χ1v) is 12.2. The van der Waals surface area contributed by atoms with Crippen molar-refractivity contribution in [2.45, 2.75) is 71.0 Å². The molecular weight excluding hydrogens is 454 g/mol. The number of rotatable bonds is 4. The van der Waals surface area contributed by atoms with Crippen molar-refractivity contribution in [2.75, 3.05) is 11.9 Å². The molecule has 3 aliphatic carbocycles. The highest BCUT2D eigenvalue weighted by Gasteiger charge is 2.76. The molecule has 3 atom stereocenters. The number of ether oxygens (including phenoxy) is 1. The summed E-state index contributed by atoms with van der Waals surface area (Å²) in [6.07, 6.45) is 5.26. The lowest BCUT2D eigenvalue weighted by Gasteiger charge is -2.39. The van der Waals surface area contributed by atoms with Crippen molar-refractivity contribution in [3.05, 3.63) is 16.0 Å². The molecule has 1 aromatic rings. The van der Waals surface area contributed by atoms with Gasteiger partial charge in [-0.1, -0.05) is 36.7 Å². The lowest BCUT2D eigenvalue weighted by atomic mass is 9.64. The van der Waals surface area contributed by atoms with Crippen LogP contribution < -0.4 is 5.32 Å². The zero-order valence-corrected chi connectivity index (χ0v) is 19.8. The minimum absolute atomic E-state index is 0.111. The molecule has 4 rings (SSSR count). The van der Waals surface area contributed by atoms with E-state index < -0.39 is 21.1 Å². The van der Waals surface area contributed by atoms with Crippen LogP contribution in [0.3, 0.4) is 0 Å². The molecule has 1 heterocycles. The highest BCUT2D eigenvalue weighted by atomic mass is 79.9. The minimum atomic E-state index is -0.824. The molecule has 1 N–H and O–H groups in total. The number of halogens is 1. The fourth-order valence-corrected chi connectivity index (χ4v) is 8.53. The van der Waals surface area contributed by atoms with Crippen molar-refractivity contribution < 1.29 is 19.1 Å². The van der Waals surface area contributed by atoms with Gasteiger partial charge in [-0.25, -0.2) is 4.79 Å². The van der Waals surface area contributed by atoms with Gasteiger partial charge in [0.15, 0.2) is 5.78 Å². The van der Waals surface area contributed by atoms with Crippen molar-refractivity contribution in [3.63, 3.8) is 0 Å². The van der Waals surface area contributed by atoms with E-state index in [0.717, 1.165) is 31.2 Å². The number of aryl methyl sites for hydroxylation is 1. The zero-order valence-electron chi connectivity index (χ0n) is 17.4. The molecule has 0 aromatic carbocycles. The fourth-order valence-electron chi connectivity index (χ4n) is 5.74.